The van der Waals surface area contributed by atoms with Gasteiger partial charge in [0.05, 0.1) is 5.62 Å². The first-order valence-electron chi connectivity index (χ1n) is 1.13. The Hall–Kier alpha value is 2.44. The van der Waals surface area contributed by atoms with Gasteiger partial charge in [-0.3, -0.25) is 0 Å². The maximum atomic E-state index is 9.34. The quantitative estimate of drug-likeness (QED) is 0.225. The normalized spacial score (nSPS) is 8.88. The largest absolute Gasteiger partial charge is 1.00 e. The van der Waals surface area contributed by atoms with Crippen molar-refractivity contribution in [3.63, 3.8) is 0 Å². The van der Waals surface area contributed by atoms with Crippen LogP contribution >= 0.6 is 19.2 Å². The Morgan fingerprint density at radius 1 is 1.38 bits per heavy atom. The summed E-state index contributed by atoms with van der Waals surface area (Å²) in [6, 6.07) is 0. The molecule has 0 aromatic rings. The van der Waals surface area contributed by atoms with Gasteiger partial charge >= 0.3 is 59.1 Å². The zero-order chi connectivity index (χ0) is 5.21. The van der Waals surface area contributed by atoms with Crippen LogP contribution in [0.4, 0.5) is 0 Å². The molecule has 8 heavy (non-hydrogen) atoms. The Morgan fingerprint density at radius 3 is 1.50 bits per heavy atom. The third-order valence-corrected chi connectivity index (χ3v) is 1.32. The van der Waals surface area contributed by atoms with Crippen molar-refractivity contribution >= 4 is 19.2 Å². The number of hydrogen-bond acceptors (Lipinski definition) is 3. The molecule has 0 unspecified atom stereocenters. The SMILES string of the molecule is O=P([O-])([O-])CCl.[Na+].[Na+]. The standard InChI is InChI=1S/CH4ClO3P.2Na/c2-1-6(3,4)5;;/h1H2,(H2,3,4,5);;/q;2*+1/p-2. The Bertz CT molecular complexity index is 81.4. The Kier molecular flexibility index (Phi) is 15.9. The van der Waals surface area contributed by atoms with Crippen molar-refractivity contribution in [2.75, 3.05) is 5.62 Å². The van der Waals surface area contributed by atoms with E-state index in [1.807, 2.05) is 0 Å². The van der Waals surface area contributed by atoms with Crippen LogP contribution in [0.25, 0.3) is 0 Å². The van der Waals surface area contributed by atoms with E-state index >= 15 is 0 Å². The minimum atomic E-state index is -4.38. The van der Waals surface area contributed by atoms with Gasteiger partial charge in [0.25, 0.3) is 0 Å². The summed E-state index contributed by atoms with van der Waals surface area (Å²) in [5.41, 5.74) is -0.812. The summed E-state index contributed by atoms with van der Waals surface area (Å²) in [5, 5.41) is 0. The van der Waals surface area contributed by atoms with Gasteiger partial charge in [-0.1, -0.05) is 7.60 Å². The molecule has 7 heteroatoms. The van der Waals surface area contributed by atoms with E-state index in [1.54, 1.807) is 0 Å². The molecule has 0 atom stereocenters. The summed E-state index contributed by atoms with van der Waals surface area (Å²) in [4.78, 5) is 18.7. The fourth-order valence-corrected chi connectivity index (χ4v) is 0. The van der Waals surface area contributed by atoms with E-state index in [-0.39, 0.29) is 59.1 Å². The molecular weight excluding hydrogens is 172 g/mol. The monoisotopic (exact) mass is 174 g/mol. The molecule has 0 amide bonds. The van der Waals surface area contributed by atoms with Gasteiger partial charge < -0.3 is 14.4 Å². The van der Waals surface area contributed by atoms with Crippen molar-refractivity contribution in [2.24, 2.45) is 0 Å². The molecule has 0 aromatic heterocycles. The molecule has 0 aliphatic carbocycles. The van der Waals surface area contributed by atoms with Crippen molar-refractivity contribution in [3.8, 4) is 0 Å². The first-order valence-corrected chi connectivity index (χ1v) is 3.39. The minimum Gasteiger partial charge on any atom is -0.810 e. The molecule has 0 aliphatic heterocycles. The summed E-state index contributed by atoms with van der Waals surface area (Å²) in [6.07, 6.45) is 0. The van der Waals surface area contributed by atoms with E-state index in [0.717, 1.165) is 0 Å². The van der Waals surface area contributed by atoms with Crippen LogP contribution in [-0.2, 0) is 4.57 Å². The third-order valence-electron chi connectivity index (χ3n) is 0.146. The molecule has 0 spiro atoms. The molecule has 0 N–H and O–H groups in total. The van der Waals surface area contributed by atoms with Crippen molar-refractivity contribution in [3.05, 3.63) is 0 Å². The van der Waals surface area contributed by atoms with Crippen LogP contribution < -0.4 is 68.9 Å². The van der Waals surface area contributed by atoms with E-state index < -0.39 is 13.2 Å². The molecule has 0 rings (SSSR count). The van der Waals surface area contributed by atoms with E-state index in [0.29, 0.717) is 0 Å². The smallest absolute Gasteiger partial charge is 0.810 e. The zero-order valence-corrected chi connectivity index (χ0v) is 10.4. The molecule has 0 saturated carbocycles. The van der Waals surface area contributed by atoms with E-state index in [9.17, 15) is 14.4 Å². The molecule has 0 bridgehead atoms. The van der Waals surface area contributed by atoms with Gasteiger partial charge in [0.15, 0.2) is 0 Å². The van der Waals surface area contributed by atoms with Gasteiger partial charge in [-0.2, -0.15) is 0 Å². The third kappa shape index (κ3) is 15.8. The maximum absolute atomic E-state index is 9.34. The first-order chi connectivity index (χ1) is 2.56. The number of halogens is 1. The molecule has 0 saturated heterocycles. The van der Waals surface area contributed by atoms with Crippen LogP contribution in [0.2, 0.25) is 0 Å². The van der Waals surface area contributed by atoms with Gasteiger partial charge in [-0.25, -0.2) is 0 Å². The molecule has 0 aliphatic rings. The average Bonchev–Trinajstić information content (AvgIpc) is 1.35. The van der Waals surface area contributed by atoms with Crippen LogP contribution in [0.15, 0.2) is 0 Å². The van der Waals surface area contributed by atoms with Gasteiger partial charge in [0, 0.05) is 0 Å². The second-order valence-electron chi connectivity index (χ2n) is 0.730. The maximum Gasteiger partial charge on any atom is 1.00 e. The van der Waals surface area contributed by atoms with Crippen LogP contribution in [0.1, 0.15) is 0 Å². The predicted octanol–water partition coefficient (Wildman–Crippen LogP) is -6.90. The molecule has 0 aromatic carbocycles. The summed E-state index contributed by atoms with van der Waals surface area (Å²) in [7, 11) is -4.38. The fraction of sp³-hybridized carbons (Fsp3) is 1.00. The Morgan fingerprint density at radius 2 is 1.50 bits per heavy atom. The molecule has 38 valence electrons. The predicted molar refractivity (Wildman–Crippen MR) is 18.3 cm³/mol. The molecule has 0 fully saturated rings. The van der Waals surface area contributed by atoms with Crippen LogP contribution in [0.3, 0.4) is 0 Å². The van der Waals surface area contributed by atoms with Crippen LogP contribution in [-0.4, -0.2) is 5.62 Å². The second-order valence-corrected chi connectivity index (χ2v) is 2.91. The van der Waals surface area contributed by atoms with E-state index in [2.05, 4.69) is 11.6 Å². The molecule has 0 radical (unpaired) electrons. The van der Waals surface area contributed by atoms with Crippen LogP contribution in [0.5, 0.6) is 0 Å². The van der Waals surface area contributed by atoms with Gasteiger partial charge in [-0.05, 0) is 0 Å². The second kappa shape index (κ2) is 7.55. The Labute approximate surface area is 96.9 Å². The molecular formula is CH2ClNa2O3P. The summed E-state index contributed by atoms with van der Waals surface area (Å²) in [6.45, 7) is 0. The number of alkyl halides is 1. The molecule has 0 heterocycles. The van der Waals surface area contributed by atoms with E-state index in [1.165, 1.54) is 0 Å². The van der Waals surface area contributed by atoms with Crippen molar-refractivity contribution in [1.82, 2.24) is 0 Å². The average molecular weight is 174 g/mol. The number of hydrogen-bond donors (Lipinski definition) is 0. The number of rotatable bonds is 1. The van der Waals surface area contributed by atoms with Crippen LogP contribution in [0, 0.1) is 0 Å². The summed E-state index contributed by atoms with van der Waals surface area (Å²) in [5.74, 6) is 0. The van der Waals surface area contributed by atoms with Gasteiger partial charge in [0.1, 0.15) is 0 Å². The minimum absolute atomic E-state index is 0. The summed E-state index contributed by atoms with van der Waals surface area (Å²) < 4.78 is 9.34. The van der Waals surface area contributed by atoms with Crippen molar-refractivity contribution < 1.29 is 73.5 Å². The van der Waals surface area contributed by atoms with Crippen molar-refractivity contribution in [2.45, 2.75) is 0 Å². The van der Waals surface area contributed by atoms with E-state index in [4.69, 9.17) is 0 Å². The molecule has 3 nitrogen and oxygen atoms in total. The fourth-order valence-electron chi connectivity index (χ4n) is 0. The van der Waals surface area contributed by atoms with Crippen molar-refractivity contribution in [1.29, 1.82) is 0 Å². The van der Waals surface area contributed by atoms with Gasteiger partial charge in [-0.15, -0.1) is 11.6 Å². The zero-order valence-electron chi connectivity index (χ0n) is 4.76. The first kappa shape index (κ1) is 16.8. The topological polar surface area (TPSA) is 63.2 Å². The Balaban J connectivity index is -0.000000125. The van der Waals surface area contributed by atoms with Gasteiger partial charge in [0.2, 0.25) is 0 Å². The summed E-state index contributed by atoms with van der Waals surface area (Å²) >= 11 is 4.59.